The van der Waals surface area contributed by atoms with Crippen LogP contribution in [0, 0.1) is 20.8 Å². The molecule has 9 heteroatoms. The number of Topliss-reactive ketones (excluding diaryl/α,β-unsaturated/α-hetero) is 2. The van der Waals surface area contributed by atoms with E-state index in [1.54, 1.807) is 78.9 Å². The van der Waals surface area contributed by atoms with Crippen molar-refractivity contribution in [3.63, 3.8) is 0 Å². The van der Waals surface area contributed by atoms with E-state index in [0.29, 0.717) is 22.3 Å². The standard InChI is InChI=1S/C26H21NO4S.C19H15NO2/c1-18-12-15-21(16-13-18)32(29,30)31-27-25(20-8-4-3-5-9-20)26(28)24-17-14-19(2)22-10-6-7-11-23(22)24;1-13-11-12-17(16-10-6-5-9-15(13)16)19(21)18(20-22)14-7-3-2-4-8-14/h3-17H,1-2H3;2-12,22H,1H3/b27-25+;20-18+. The second kappa shape index (κ2) is 16.3. The number of aryl methyl sites for hydroxylation is 3. The summed E-state index contributed by atoms with van der Waals surface area (Å²) in [6.07, 6.45) is 0. The Morgan fingerprint density at radius 1 is 0.500 bits per heavy atom. The van der Waals surface area contributed by atoms with Gasteiger partial charge in [0.05, 0.1) is 0 Å². The first-order chi connectivity index (χ1) is 26.1. The molecule has 0 fully saturated rings. The second-order valence-electron chi connectivity index (χ2n) is 12.6. The molecule has 0 unspecified atom stereocenters. The Hall–Kier alpha value is -6.71. The average molecular weight is 733 g/mol. The lowest BCUT2D eigenvalue weighted by Crippen LogP contribution is -2.18. The SMILES string of the molecule is Cc1ccc(C(=O)/C(=N/O)c2ccccc2)c2ccccc12.Cc1ccc(S(=O)(=O)O/N=C(/C(=O)c2ccc(C)c3ccccc23)c2ccccc2)cc1. The van der Waals surface area contributed by atoms with Gasteiger partial charge in [-0.05, 0) is 65.6 Å². The average Bonchev–Trinajstić information content (AvgIpc) is 3.20. The highest BCUT2D eigenvalue weighted by molar-refractivity contribution is 7.86. The minimum Gasteiger partial charge on any atom is -0.410 e. The number of oxime groups is 2. The Bertz CT molecular complexity index is 2650. The first-order valence-electron chi connectivity index (χ1n) is 17.1. The van der Waals surface area contributed by atoms with E-state index in [9.17, 15) is 23.2 Å². The third kappa shape index (κ3) is 8.01. The molecule has 7 aromatic rings. The predicted molar refractivity (Wildman–Crippen MR) is 213 cm³/mol. The molecule has 0 saturated heterocycles. The second-order valence-corrected chi connectivity index (χ2v) is 14.1. The molecule has 0 heterocycles. The van der Waals surface area contributed by atoms with E-state index in [1.807, 2.05) is 87.5 Å². The fourth-order valence-corrected chi connectivity index (χ4v) is 6.76. The van der Waals surface area contributed by atoms with Gasteiger partial charge in [-0.2, -0.15) is 8.42 Å². The normalized spacial score (nSPS) is 11.8. The highest BCUT2D eigenvalue weighted by Gasteiger charge is 2.23. The van der Waals surface area contributed by atoms with Crippen molar-refractivity contribution < 1.29 is 27.5 Å². The van der Waals surface area contributed by atoms with Crippen molar-refractivity contribution >= 4 is 54.7 Å². The number of rotatable bonds is 9. The van der Waals surface area contributed by atoms with Crippen LogP contribution in [0.25, 0.3) is 21.5 Å². The lowest BCUT2D eigenvalue weighted by Gasteiger charge is -2.10. The lowest BCUT2D eigenvalue weighted by atomic mass is 9.94. The molecule has 7 aromatic carbocycles. The Balaban J connectivity index is 0.000000197. The summed E-state index contributed by atoms with van der Waals surface area (Å²) in [5, 5.41) is 20.0. The molecular weight excluding hydrogens is 697 g/mol. The maximum atomic E-state index is 13.6. The summed E-state index contributed by atoms with van der Waals surface area (Å²) in [7, 11) is -4.18. The molecule has 0 aliphatic rings. The minimum atomic E-state index is -4.18. The van der Waals surface area contributed by atoms with E-state index in [2.05, 4.69) is 10.3 Å². The molecule has 0 atom stereocenters. The number of hydrogen-bond donors (Lipinski definition) is 1. The van der Waals surface area contributed by atoms with Crippen molar-refractivity contribution in [1.29, 1.82) is 0 Å². The summed E-state index contributed by atoms with van der Waals surface area (Å²) in [5.74, 6) is -0.712. The Labute approximate surface area is 313 Å². The van der Waals surface area contributed by atoms with Gasteiger partial charge in [0.2, 0.25) is 11.6 Å². The van der Waals surface area contributed by atoms with Crippen molar-refractivity contribution in [1.82, 2.24) is 0 Å². The van der Waals surface area contributed by atoms with Crippen molar-refractivity contribution in [2.75, 3.05) is 0 Å². The lowest BCUT2D eigenvalue weighted by molar-refractivity contribution is 0.105. The Kier molecular flexibility index (Phi) is 11.2. The highest BCUT2D eigenvalue weighted by atomic mass is 32.2. The first-order valence-corrected chi connectivity index (χ1v) is 18.5. The summed E-state index contributed by atoms with van der Waals surface area (Å²) >= 11 is 0. The summed E-state index contributed by atoms with van der Waals surface area (Å²) in [4.78, 5) is 26.3. The number of carbonyl (C=O) groups is 2. The summed E-state index contributed by atoms with van der Waals surface area (Å²) in [6.45, 7) is 5.84. The molecule has 0 aromatic heterocycles. The molecule has 7 rings (SSSR count). The van der Waals surface area contributed by atoms with Crippen LogP contribution in [0.1, 0.15) is 48.5 Å². The van der Waals surface area contributed by atoms with Crippen molar-refractivity contribution in [2.24, 2.45) is 10.3 Å². The highest BCUT2D eigenvalue weighted by Crippen LogP contribution is 2.26. The van der Waals surface area contributed by atoms with Gasteiger partial charge in [0.1, 0.15) is 4.90 Å². The van der Waals surface area contributed by atoms with Crippen LogP contribution in [0.4, 0.5) is 0 Å². The maximum absolute atomic E-state index is 13.6. The summed E-state index contributed by atoms with van der Waals surface area (Å²) in [6, 6.07) is 46.5. The van der Waals surface area contributed by atoms with Crippen LogP contribution in [0.3, 0.4) is 0 Å². The van der Waals surface area contributed by atoms with E-state index in [-0.39, 0.29) is 22.1 Å². The van der Waals surface area contributed by atoms with E-state index >= 15 is 0 Å². The van der Waals surface area contributed by atoms with Crippen molar-refractivity contribution in [2.45, 2.75) is 25.7 Å². The minimum absolute atomic E-state index is 0.0347. The largest absolute Gasteiger partial charge is 0.410 e. The molecule has 0 saturated carbocycles. The topological polar surface area (TPSA) is 122 Å². The molecule has 268 valence electrons. The van der Waals surface area contributed by atoms with Crippen LogP contribution in [0.2, 0.25) is 0 Å². The fraction of sp³-hybridized carbons (Fsp3) is 0.0667. The van der Waals surface area contributed by atoms with Crippen LogP contribution in [0.5, 0.6) is 0 Å². The van der Waals surface area contributed by atoms with E-state index in [0.717, 1.165) is 38.2 Å². The maximum Gasteiger partial charge on any atom is 0.358 e. The number of carbonyl (C=O) groups excluding carboxylic acids is 2. The molecule has 0 radical (unpaired) electrons. The van der Waals surface area contributed by atoms with Gasteiger partial charge in [0, 0.05) is 22.3 Å². The summed E-state index contributed by atoms with van der Waals surface area (Å²) in [5.41, 5.74) is 5.04. The van der Waals surface area contributed by atoms with Crippen LogP contribution in [0.15, 0.2) is 173 Å². The van der Waals surface area contributed by atoms with Gasteiger partial charge in [-0.3, -0.25) is 13.9 Å². The zero-order valence-corrected chi connectivity index (χ0v) is 30.6. The molecular formula is C45H36N2O6S. The predicted octanol–water partition coefficient (Wildman–Crippen LogP) is 9.66. The smallest absolute Gasteiger partial charge is 0.358 e. The molecule has 1 N–H and O–H groups in total. The quantitative estimate of drug-likeness (QED) is 0.0683. The number of benzene rings is 7. The van der Waals surface area contributed by atoms with Gasteiger partial charge >= 0.3 is 10.1 Å². The molecule has 0 aliphatic heterocycles. The number of hydrogen-bond acceptors (Lipinski definition) is 8. The molecule has 8 nitrogen and oxygen atoms in total. The van der Waals surface area contributed by atoms with Gasteiger partial charge in [-0.1, -0.05) is 161 Å². The van der Waals surface area contributed by atoms with Gasteiger partial charge in [0.25, 0.3) is 0 Å². The number of fused-ring (bicyclic) bond motifs is 2. The monoisotopic (exact) mass is 732 g/mol. The summed E-state index contributed by atoms with van der Waals surface area (Å²) < 4.78 is 30.3. The van der Waals surface area contributed by atoms with Crippen LogP contribution < -0.4 is 0 Å². The molecule has 54 heavy (non-hydrogen) atoms. The van der Waals surface area contributed by atoms with Gasteiger partial charge in [-0.15, -0.1) is 0 Å². The first kappa shape index (κ1) is 37.1. The van der Waals surface area contributed by atoms with Crippen LogP contribution in [-0.4, -0.2) is 36.6 Å². The number of ketones is 2. The number of nitrogens with zero attached hydrogens (tertiary/aromatic N) is 2. The van der Waals surface area contributed by atoms with Gasteiger partial charge in [0.15, 0.2) is 11.4 Å². The van der Waals surface area contributed by atoms with Gasteiger partial charge in [-0.25, -0.2) is 0 Å². The van der Waals surface area contributed by atoms with Crippen LogP contribution >= 0.6 is 0 Å². The molecule has 0 spiro atoms. The van der Waals surface area contributed by atoms with Crippen molar-refractivity contribution in [3.05, 3.63) is 197 Å². The van der Waals surface area contributed by atoms with E-state index in [4.69, 9.17) is 4.28 Å². The third-order valence-corrected chi connectivity index (χ3v) is 10.1. The van der Waals surface area contributed by atoms with E-state index < -0.39 is 15.9 Å². The molecule has 0 aliphatic carbocycles. The molecule has 0 bridgehead atoms. The van der Waals surface area contributed by atoms with Crippen LogP contribution in [-0.2, 0) is 14.4 Å². The van der Waals surface area contributed by atoms with E-state index in [1.165, 1.54) is 12.1 Å². The van der Waals surface area contributed by atoms with Gasteiger partial charge < -0.3 is 5.21 Å². The third-order valence-electron chi connectivity index (χ3n) is 8.93. The fourth-order valence-electron chi connectivity index (χ4n) is 6.04. The zero-order valence-electron chi connectivity index (χ0n) is 29.8. The Morgan fingerprint density at radius 3 is 1.37 bits per heavy atom. The van der Waals surface area contributed by atoms with Crippen molar-refractivity contribution in [3.8, 4) is 0 Å². The zero-order chi connectivity index (χ0) is 38.2. The Morgan fingerprint density at radius 2 is 0.907 bits per heavy atom. The molecule has 0 amide bonds.